The summed E-state index contributed by atoms with van der Waals surface area (Å²) < 4.78 is 11.5. The Labute approximate surface area is 206 Å². The summed E-state index contributed by atoms with van der Waals surface area (Å²) in [6, 6.07) is 7.63. The van der Waals surface area contributed by atoms with Gasteiger partial charge >= 0.3 is 11.6 Å². The number of carbonyl (C=O) groups is 2. The van der Waals surface area contributed by atoms with Crippen LogP contribution in [0, 0.1) is 27.7 Å². The number of furan rings is 1. The normalized spacial score (nSPS) is 12.3. The summed E-state index contributed by atoms with van der Waals surface area (Å²) in [5.41, 5.74) is 4.30. The van der Waals surface area contributed by atoms with E-state index in [1.807, 2.05) is 33.8 Å². The van der Waals surface area contributed by atoms with Crippen LogP contribution < -0.4 is 10.9 Å². The van der Waals surface area contributed by atoms with E-state index in [-0.39, 0.29) is 19.3 Å². The molecule has 0 saturated carbocycles. The number of benzene rings is 2. The number of hydrogen-bond donors (Lipinski definition) is 2. The molecule has 2 N–H and O–H groups in total. The van der Waals surface area contributed by atoms with Gasteiger partial charge in [0, 0.05) is 39.8 Å². The van der Waals surface area contributed by atoms with Crippen molar-refractivity contribution >= 4 is 45.4 Å². The minimum atomic E-state index is -1.14. The second-order valence-electron chi connectivity index (χ2n) is 8.82. The van der Waals surface area contributed by atoms with Crippen molar-refractivity contribution in [3.05, 3.63) is 79.4 Å². The van der Waals surface area contributed by atoms with E-state index >= 15 is 0 Å². The van der Waals surface area contributed by atoms with E-state index in [1.54, 1.807) is 24.3 Å². The highest BCUT2D eigenvalue weighted by Crippen LogP contribution is 2.34. The molecule has 1 amide bonds. The highest BCUT2D eigenvalue weighted by molar-refractivity contribution is 6.30. The first kappa shape index (κ1) is 24.5. The molecule has 0 fully saturated rings. The molecular formula is C27H26ClNO6. The second-order valence-corrected chi connectivity index (χ2v) is 9.26. The van der Waals surface area contributed by atoms with Crippen molar-refractivity contribution in [1.82, 2.24) is 5.32 Å². The predicted octanol–water partition coefficient (Wildman–Crippen LogP) is 5.17. The molecule has 2 aromatic carbocycles. The van der Waals surface area contributed by atoms with Gasteiger partial charge in [0.05, 0.1) is 0 Å². The van der Waals surface area contributed by atoms with Gasteiger partial charge in [-0.05, 0) is 69.0 Å². The molecule has 7 nitrogen and oxygen atoms in total. The van der Waals surface area contributed by atoms with Gasteiger partial charge in [-0.2, -0.15) is 0 Å². The maximum Gasteiger partial charge on any atom is 0.339 e. The van der Waals surface area contributed by atoms with Crippen molar-refractivity contribution in [2.24, 2.45) is 0 Å². The number of carboxylic acids is 1. The van der Waals surface area contributed by atoms with E-state index in [0.717, 1.165) is 38.8 Å². The molecule has 0 saturated heterocycles. The van der Waals surface area contributed by atoms with Crippen molar-refractivity contribution in [2.45, 2.75) is 53.0 Å². The molecule has 0 unspecified atom stereocenters. The zero-order chi connectivity index (χ0) is 25.4. The van der Waals surface area contributed by atoms with Gasteiger partial charge in [-0.3, -0.25) is 4.79 Å². The van der Waals surface area contributed by atoms with Crippen LogP contribution in [0.15, 0.2) is 44.0 Å². The van der Waals surface area contributed by atoms with Crippen LogP contribution in [0.2, 0.25) is 5.02 Å². The summed E-state index contributed by atoms with van der Waals surface area (Å²) in [6.07, 6.45) is 0.199. The molecule has 0 spiro atoms. The van der Waals surface area contributed by atoms with Crippen LogP contribution in [-0.2, 0) is 22.4 Å². The van der Waals surface area contributed by atoms with E-state index in [0.29, 0.717) is 21.8 Å². The number of aryl methyl sites for hydroxylation is 4. The summed E-state index contributed by atoms with van der Waals surface area (Å²) in [5.74, 6) is -0.792. The number of hydrogen-bond acceptors (Lipinski definition) is 5. The van der Waals surface area contributed by atoms with Crippen molar-refractivity contribution in [1.29, 1.82) is 0 Å². The lowest BCUT2D eigenvalue weighted by molar-refractivity contribution is -0.141. The molecule has 1 atom stereocenters. The molecule has 0 radical (unpaired) electrons. The van der Waals surface area contributed by atoms with Crippen LogP contribution in [0.5, 0.6) is 0 Å². The van der Waals surface area contributed by atoms with Crippen LogP contribution in [0.1, 0.15) is 40.0 Å². The quantitative estimate of drug-likeness (QED) is 0.342. The summed E-state index contributed by atoms with van der Waals surface area (Å²) >= 11 is 5.88. The zero-order valence-electron chi connectivity index (χ0n) is 20.0. The fourth-order valence-electron chi connectivity index (χ4n) is 4.34. The first-order valence-corrected chi connectivity index (χ1v) is 11.7. The van der Waals surface area contributed by atoms with E-state index < -0.39 is 23.5 Å². The predicted molar refractivity (Wildman–Crippen MR) is 134 cm³/mol. The largest absolute Gasteiger partial charge is 0.480 e. The topological polar surface area (TPSA) is 110 Å². The number of carboxylic acid groups (broad SMARTS) is 1. The van der Waals surface area contributed by atoms with Gasteiger partial charge in [-0.25, -0.2) is 9.59 Å². The van der Waals surface area contributed by atoms with Gasteiger partial charge in [0.15, 0.2) is 0 Å². The molecule has 8 heteroatoms. The summed E-state index contributed by atoms with van der Waals surface area (Å²) in [5, 5.41) is 14.4. The summed E-state index contributed by atoms with van der Waals surface area (Å²) in [7, 11) is 0. The Hall–Kier alpha value is -3.58. The van der Waals surface area contributed by atoms with Crippen LogP contribution in [0.3, 0.4) is 0 Å². The molecule has 0 aliphatic heterocycles. The molecule has 2 heterocycles. The van der Waals surface area contributed by atoms with Gasteiger partial charge in [0.1, 0.15) is 23.0 Å². The lowest BCUT2D eigenvalue weighted by Gasteiger charge is -2.15. The number of aliphatic carboxylic acids is 1. The standard InChI is InChI=1S/C27H26ClNO6/c1-13-16(4)34-24-15(3)25-21(12-20(13)24)14(2)19(27(33)35-25)9-10-23(30)29-22(26(31)32)11-17-5-7-18(28)8-6-17/h5-8,12,22H,9-11H2,1-4H3,(H,29,30)(H,31,32)/t22-/m0/s1. The van der Waals surface area contributed by atoms with Crippen molar-refractivity contribution < 1.29 is 23.5 Å². The molecule has 4 rings (SSSR count). The van der Waals surface area contributed by atoms with Gasteiger partial charge in [-0.15, -0.1) is 0 Å². The van der Waals surface area contributed by atoms with Gasteiger partial charge in [0.2, 0.25) is 5.91 Å². The van der Waals surface area contributed by atoms with Crippen molar-refractivity contribution in [3.8, 4) is 0 Å². The van der Waals surface area contributed by atoms with Crippen LogP contribution in [-0.4, -0.2) is 23.0 Å². The molecule has 0 aliphatic rings. The number of rotatable bonds is 7. The highest BCUT2D eigenvalue weighted by atomic mass is 35.5. The van der Waals surface area contributed by atoms with Crippen LogP contribution in [0.4, 0.5) is 0 Å². The van der Waals surface area contributed by atoms with Crippen molar-refractivity contribution in [3.63, 3.8) is 0 Å². The minimum absolute atomic E-state index is 0.0490. The Balaban J connectivity index is 1.56. The number of fused-ring (bicyclic) bond motifs is 2. The van der Waals surface area contributed by atoms with Gasteiger partial charge < -0.3 is 19.3 Å². The third-order valence-electron chi connectivity index (χ3n) is 6.53. The molecule has 0 aliphatic carbocycles. The van der Waals surface area contributed by atoms with E-state index in [1.165, 1.54) is 0 Å². The van der Waals surface area contributed by atoms with Crippen LogP contribution in [0.25, 0.3) is 21.9 Å². The lowest BCUT2D eigenvalue weighted by Crippen LogP contribution is -2.42. The molecule has 4 aromatic rings. The molecule has 35 heavy (non-hydrogen) atoms. The van der Waals surface area contributed by atoms with Crippen LogP contribution >= 0.6 is 11.6 Å². The van der Waals surface area contributed by atoms with Gasteiger partial charge in [0.25, 0.3) is 0 Å². The SMILES string of the molecule is Cc1oc2c(C)c3oc(=O)c(CCC(=O)N[C@@H](Cc4ccc(Cl)cc4)C(=O)O)c(C)c3cc2c1C. The average molecular weight is 496 g/mol. The summed E-state index contributed by atoms with van der Waals surface area (Å²) in [4.78, 5) is 37.1. The Morgan fingerprint density at radius 1 is 0.971 bits per heavy atom. The fraction of sp³-hybridized carbons (Fsp3) is 0.296. The minimum Gasteiger partial charge on any atom is -0.480 e. The average Bonchev–Trinajstić information content (AvgIpc) is 3.09. The third-order valence-corrected chi connectivity index (χ3v) is 6.78. The Morgan fingerprint density at radius 2 is 1.60 bits per heavy atom. The second kappa shape index (κ2) is 9.58. The Morgan fingerprint density at radius 3 is 2.26 bits per heavy atom. The zero-order valence-corrected chi connectivity index (χ0v) is 20.7. The van der Waals surface area contributed by atoms with Gasteiger partial charge in [-0.1, -0.05) is 23.7 Å². The maximum absolute atomic E-state index is 12.8. The van der Waals surface area contributed by atoms with Crippen molar-refractivity contribution in [2.75, 3.05) is 0 Å². The first-order valence-electron chi connectivity index (χ1n) is 11.3. The number of carbonyl (C=O) groups excluding carboxylic acids is 1. The molecule has 0 bridgehead atoms. The summed E-state index contributed by atoms with van der Waals surface area (Å²) in [6.45, 7) is 7.56. The Kier molecular flexibility index (Phi) is 6.72. The fourth-order valence-corrected chi connectivity index (χ4v) is 4.47. The molecular weight excluding hydrogens is 470 g/mol. The Bertz CT molecular complexity index is 1510. The first-order chi connectivity index (χ1) is 16.6. The number of amides is 1. The van der Waals surface area contributed by atoms with E-state index in [4.69, 9.17) is 20.4 Å². The third kappa shape index (κ3) is 4.82. The number of halogens is 1. The van der Waals surface area contributed by atoms with E-state index in [9.17, 15) is 19.5 Å². The lowest BCUT2D eigenvalue weighted by atomic mass is 9.98. The maximum atomic E-state index is 12.8. The number of nitrogens with one attached hydrogen (secondary N) is 1. The molecule has 2 aromatic heterocycles. The monoisotopic (exact) mass is 495 g/mol. The molecule has 182 valence electrons. The highest BCUT2D eigenvalue weighted by Gasteiger charge is 2.22. The smallest absolute Gasteiger partial charge is 0.339 e. The van der Waals surface area contributed by atoms with E-state index in [2.05, 4.69) is 5.32 Å².